The van der Waals surface area contributed by atoms with E-state index in [-0.39, 0.29) is 0 Å². The number of hydrogen-bond acceptors (Lipinski definition) is 3. The lowest BCUT2D eigenvalue weighted by molar-refractivity contribution is 0.670. The Bertz CT molecular complexity index is 3370. The zero-order chi connectivity index (χ0) is 42.0. The summed E-state index contributed by atoms with van der Waals surface area (Å²) >= 11 is 0. The first-order chi connectivity index (χ1) is 31.2. The second-order valence-corrected chi connectivity index (χ2v) is 15.8. The van der Waals surface area contributed by atoms with Gasteiger partial charge in [-0.05, 0) is 88.0 Å². The summed E-state index contributed by atoms with van der Waals surface area (Å²) in [7, 11) is 0. The molecule has 0 aliphatic heterocycles. The molecule has 298 valence electrons. The van der Waals surface area contributed by atoms with Gasteiger partial charge in [0.15, 0.2) is 0 Å². The van der Waals surface area contributed by atoms with Gasteiger partial charge in [0.05, 0.1) is 5.69 Å². The zero-order valence-electron chi connectivity index (χ0n) is 34.5. The zero-order valence-corrected chi connectivity index (χ0v) is 34.5. The number of hydrogen-bond donors (Lipinski definition) is 1. The summed E-state index contributed by atoms with van der Waals surface area (Å²) in [4.78, 5) is 2.39. The van der Waals surface area contributed by atoms with Crippen molar-refractivity contribution in [3.8, 4) is 55.6 Å². The van der Waals surface area contributed by atoms with Gasteiger partial charge in [0.25, 0.3) is 0 Å². The molecule has 0 atom stereocenters. The van der Waals surface area contributed by atoms with E-state index in [9.17, 15) is 0 Å². The number of fused-ring (bicyclic) bond motifs is 3. The number of anilines is 5. The van der Waals surface area contributed by atoms with E-state index in [2.05, 4.69) is 247 Å². The van der Waals surface area contributed by atoms with E-state index in [0.29, 0.717) is 0 Å². The molecule has 11 rings (SSSR count). The minimum atomic E-state index is 0.903. The van der Waals surface area contributed by atoms with Crippen molar-refractivity contribution in [1.29, 1.82) is 0 Å². The fourth-order valence-electron chi connectivity index (χ4n) is 8.86. The molecule has 0 aliphatic rings. The highest BCUT2D eigenvalue weighted by atomic mass is 16.3. The Morgan fingerprint density at radius 1 is 0.302 bits per heavy atom. The molecule has 1 heterocycles. The quantitative estimate of drug-likeness (QED) is 0.149. The third kappa shape index (κ3) is 7.32. The first-order valence-corrected chi connectivity index (χ1v) is 21.4. The third-order valence-electron chi connectivity index (χ3n) is 11.9. The summed E-state index contributed by atoms with van der Waals surface area (Å²) in [5.41, 5.74) is 18.4. The van der Waals surface area contributed by atoms with Gasteiger partial charge < -0.3 is 14.6 Å². The molecule has 0 aliphatic carbocycles. The molecular weight excluding hydrogens is 765 g/mol. The van der Waals surface area contributed by atoms with Crippen LogP contribution in [0.4, 0.5) is 28.4 Å². The Kier molecular flexibility index (Phi) is 9.89. The van der Waals surface area contributed by atoms with Crippen LogP contribution in [0.2, 0.25) is 0 Å². The molecule has 1 aromatic heterocycles. The molecule has 10 aromatic carbocycles. The van der Waals surface area contributed by atoms with Crippen LogP contribution in [0.1, 0.15) is 0 Å². The molecule has 1 N–H and O–H groups in total. The minimum Gasteiger partial charge on any atom is -0.455 e. The SMILES string of the molecule is c1ccc(-c2cccc(N(c3ccc(-c4cccc(-c5cccc6c5oc5ccccc56)c4)cc3)c3ccccc3-c3ccccc3Nc3ccccc3-c3ccccc3)c2)cc1. The van der Waals surface area contributed by atoms with Crippen molar-refractivity contribution >= 4 is 50.4 Å². The van der Waals surface area contributed by atoms with Gasteiger partial charge in [0, 0.05) is 55.8 Å². The fourth-order valence-corrected chi connectivity index (χ4v) is 8.86. The van der Waals surface area contributed by atoms with Crippen LogP contribution >= 0.6 is 0 Å². The van der Waals surface area contributed by atoms with E-state index in [1.165, 1.54) is 11.1 Å². The van der Waals surface area contributed by atoms with Gasteiger partial charge in [0.1, 0.15) is 11.2 Å². The Morgan fingerprint density at radius 2 is 0.825 bits per heavy atom. The summed E-state index contributed by atoms with van der Waals surface area (Å²) in [5.74, 6) is 0. The highest BCUT2D eigenvalue weighted by Gasteiger charge is 2.20. The Balaban J connectivity index is 1.01. The van der Waals surface area contributed by atoms with Crippen molar-refractivity contribution < 1.29 is 4.42 Å². The first-order valence-electron chi connectivity index (χ1n) is 21.4. The second kappa shape index (κ2) is 16.6. The van der Waals surface area contributed by atoms with Crippen LogP contribution in [-0.4, -0.2) is 0 Å². The van der Waals surface area contributed by atoms with Crippen molar-refractivity contribution in [2.24, 2.45) is 0 Å². The number of para-hydroxylation sites is 5. The Labute approximate surface area is 367 Å². The van der Waals surface area contributed by atoms with Crippen LogP contribution < -0.4 is 10.2 Å². The lowest BCUT2D eigenvalue weighted by Gasteiger charge is -2.29. The lowest BCUT2D eigenvalue weighted by Crippen LogP contribution is -2.11. The molecule has 0 fully saturated rings. The normalized spacial score (nSPS) is 11.2. The van der Waals surface area contributed by atoms with E-state index in [4.69, 9.17) is 4.42 Å². The molecule has 0 radical (unpaired) electrons. The molecule has 0 saturated heterocycles. The number of furan rings is 1. The van der Waals surface area contributed by atoms with Crippen LogP contribution in [0.5, 0.6) is 0 Å². The van der Waals surface area contributed by atoms with Crippen LogP contribution in [0, 0.1) is 0 Å². The first kappa shape index (κ1) is 37.6. The lowest BCUT2D eigenvalue weighted by atomic mass is 9.97. The van der Waals surface area contributed by atoms with Crippen LogP contribution in [0.3, 0.4) is 0 Å². The highest BCUT2D eigenvalue weighted by Crippen LogP contribution is 2.45. The summed E-state index contributed by atoms with van der Waals surface area (Å²) in [6.07, 6.45) is 0. The smallest absolute Gasteiger partial charge is 0.143 e. The van der Waals surface area contributed by atoms with E-state index in [1.807, 2.05) is 12.1 Å². The van der Waals surface area contributed by atoms with Gasteiger partial charge in [-0.2, -0.15) is 0 Å². The third-order valence-corrected chi connectivity index (χ3v) is 11.9. The second-order valence-electron chi connectivity index (χ2n) is 15.8. The van der Waals surface area contributed by atoms with Gasteiger partial charge in [-0.1, -0.05) is 194 Å². The number of nitrogens with one attached hydrogen (secondary N) is 1. The molecule has 0 saturated carbocycles. The number of benzene rings is 10. The maximum atomic E-state index is 6.44. The van der Waals surface area contributed by atoms with E-state index in [1.54, 1.807) is 0 Å². The molecule has 63 heavy (non-hydrogen) atoms. The largest absolute Gasteiger partial charge is 0.455 e. The maximum Gasteiger partial charge on any atom is 0.143 e. The predicted molar refractivity (Wildman–Crippen MR) is 265 cm³/mol. The molecule has 11 aromatic rings. The average Bonchev–Trinajstić information content (AvgIpc) is 3.75. The molecule has 3 heteroatoms. The van der Waals surface area contributed by atoms with Gasteiger partial charge in [-0.3, -0.25) is 0 Å². The minimum absolute atomic E-state index is 0.903. The standard InChI is InChI=1S/C60H42N2O/c1-3-18-42(19-4-1)46-23-16-25-49(41-46)62(58-34-13-9-28-53(58)52-27-8-12-33-57(52)61-56-32-11-7-26-50(56)44-20-5-2-6-21-44)48-38-36-43(37-39-48)45-22-15-24-47(40-45)51-30-17-31-55-54-29-10-14-35-59(54)63-60(51)55/h1-41,61H. The van der Waals surface area contributed by atoms with Crippen LogP contribution in [0.25, 0.3) is 77.6 Å². The molecule has 3 nitrogen and oxygen atoms in total. The van der Waals surface area contributed by atoms with E-state index >= 15 is 0 Å². The van der Waals surface area contributed by atoms with Crippen LogP contribution in [-0.2, 0) is 0 Å². The number of rotatable bonds is 10. The topological polar surface area (TPSA) is 28.4 Å². The Hall–Kier alpha value is -8.40. The van der Waals surface area contributed by atoms with Crippen molar-refractivity contribution in [2.45, 2.75) is 0 Å². The van der Waals surface area contributed by atoms with Crippen molar-refractivity contribution in [2.75, 3.05) is 10.2 Å². The van der Waals surface area contributed by atoms with Crippen molar-refractivity contribution in [1.82, 2.24) is 0 Å². The molecular formula is C60H42N2O. The summed E-state index contributed by atoms with van der Waals surface area (Å²) in [5, 5.41) is 6.11. The van der Waals surface area contributed by atoms with Crippen LogP contribution in [0.15, 0.2) is 253 Å². The summed E-state index contributed by atoms with van der Waals surface area (Å²) in [6, 6.07) is 88.3. The van der Waals surface area contributed by atoms with E-state index in [0.717, 1.165) is 94.9 Å². The maximum absolute atomic E-state index is 6.44. The molecule has 0 amide bonds. The highest BCUT2D eigenvalue weighted by molar-refractivity contribution is 6.09. The van der Waals surface area contributed by atoms with Crippen molar-refractivity contribution in [3.05, 3.63) is 249 Å². The summed E-state index contributed by atoms with van der Waals surface area (Å²) in [6.45, 7) is 0. The molecule has 0 bridgehead atoms. The fraction of sp³-hybridized carbons (Fsp3) is 0. The van der Waals surface area contributed by atoms with Crippen molar-refractivity contribution in [3.63, 3.8) is 0 Å². The Morgan fingerprint density at radius 3 is 1.62 bits per heavy atom. The number of nitrogens with zero attached hydrogens (tertiary/aromatic N) is 1. The van der Waals surface area contributed by atoms with Gasteiger partial charge in [-0.25, -0.2) is 0 Å². The van der Waals surface area contributed by atoms with Gasteiger partial charge in [-0.15, -0.1) is 0 Å². The molecule has 0 unspecified atom stereocenters. The van der Waals surface area contributed by atoms with Gasteiger partial charge >= 0.3 is 0 Å². The van der Waals surface area contributed by atoms with Gasteiger partial charge in [0.2, 0.25) is 0 Å². The van der Waals surface area contributed by atoms with E-state index < -0.39 is 0 Å². The monoisotopic (exact) mass is 806 g/mol. The molecule has 0 spiro atoms. The predicted octanol–water partition coefficient (Wildman–Crippen LogP) is 17.1. The summed E-state index contributed by atoms with van der Waals surface area (Å²) < 4.78 is 6.44. The average molecular weight is 807 g/mol.